The molecule has 5 rings (SSSR count). The van der Waals surface area contributed by atoms with Crippen LogP contribution in [0.4, 0.5) is 10.5 Å². The number of β-lactam (4-membered cyclic amide) rings is 1. The van der Waals surface area contributed by atoms with Gasteiger partial charge in [0.1, 0.15) is 0 Å². The third-order valence-corrected chi connectivity index (χ3v) is 15.3. The van der Waals surface area contributed by atoms with Crippen molar-refractivity contribution in [2.75, 3.05) is 12.9 Å². The molecule has 0 radical (unpaired) electrons. The molecule has 1 aliphatic heterocycles. The Balaban J connectivity index is 1.78. The van der Waals surface area contributed by atoms with E-state index in [0.717, 1.165) is 0 Å². The van der Waals surface area contributed by atoms with Gasteiger partial charge in [-0.1, -0.05) is 0 Å². The summed E-state index contributed by atoms with van der Waals surface area (Å²) in [5, 5.41) is 24.9. The Morgan fingerprint density at radius 2 is 1.31 bits per heavy atom. The Kier molecular flexibility index (Phi) is 9.80. The monoisotopic (exact) mass is 670 g/mol. The molecule has 1 aliphatic rings. The van der Waals surface area contributed by atoms with Crippen LogP contribution in [0, 0.1) is 16.0 Å². The van der Waals surface area contributed by atoms with Crippen molar-refractivity contribution in [2.24, 2.45) is 5.92 Å². The van der Waals surface area contributed by atoms with Gasteiger partial charge in [0.15, 0.2) is 0 Å². The first-order valence-corrected chi connectivity index (χ1v) is 18.1. The van der Waals surface area contributed by atoms with Crippen molar-refractivity contribution in [1.29, 1.82) is 0 Å². The fraction of sp³-hybridized carbons (Fsp3) is 0.270. The number of hydrogen-bond donors (Lipinski definition) is 1. The number of esters is 1. The first-order valence-electron chi connectivity index (χ1n) is 15.7. The normalized spacial score (nSPS) is 17.0. The average molecular weight is 671 g/mol. The van der Waals surface area contributed by atoms with Crippen molar-refractivity contribution >= 4 is 45.8 Å². The molecule has 250 valence electrons. The molecule has 1 amide bonds. The van der Waals surface area contributed by atoms with Crippen LogP contribution < -0.4 is 15.9 Å². The van der Waals surface area contributed by atoms with Gasteiger partial charge in [0.05, 0.1) is 0 Å². The molecule has 4 aromatic carbocycles. The fourth-order valence-electron chi connectivity index (χ4n) is 6.93. The Labute approximate surface area is 279 Å². The molecule has 48 heavy (non-hydrogen) atoms. The second kappa shape index (κ2) is 13.7. The maximum atomic E-state index is 15.5. The van der Waals surface area contributed by atoms with Gasteiger partial charge in [0, 0.05) is 0 Å². The van der Waals surface area contributed by atoms with Crippen molar-refractivity contribution in [2.45, 2.75) is 45.4 Å². The van der Waals surface area contributed by atoms with Gasteiger partial charge < -0.3 is 0 Å². The van der Waals surface area contributed by atoms with Crippen LogP contribution in [0.15, 0.2) is 115 Å². The number of para-hydroxylation sites is 1. The predicted octanol–water partition coefficient (Wildman–Crippen LogP) is 5.27. The van der Waals surface area contributed by atoms with Crippen LogP contribution in [-0.2, 0) is 25.7 Å². The van der Waals surface area contributed by atoms with E-state index < -0.39 is 40.8 Å². The maximum absolute atomic E-state index is 15.5. The van der Waals surface area contributed by atoms with Crippen LogP contribution in [0.5, 0.6) is 0 Å². The molecule has 1 heterocycles. The molecule has 2 atom stereocenters. The summed E-state index contributed by atoms with van der Waals surface area (Å²) in [5.41, 5.74) is -1.98. The summed E-state index contributed by atoms with van der Waals surface area (Å²) in [7, 11) is 0. The molecule has 1 N–H and O–H groups in total. The number of aliphatic hydroxyl groups is 1. The van der Waals surface area contributed by atoms with Crippen LogP contribution in [0.2, 0.25) is 0 Å². The summed E-state index contributed by atoms with van der Waals surface area (Å²) in [6.07, 6.45) is 0.117. The molecule has 0 unspecified atom stereocenters. The summed E-state index contributed by atoms with van der Waals surface area (Å²) in [6.45, 7) is -0.532. The summed E-state index contributed by atoms with van der Waals surface area (Å²) in [4.78, 5) is 54.4. The summed E-state index contributed by atoms with van der Waals surface area (Å²) in [6, 6.07) is 33.1. The van der Waals surface area contributed by atoms with Crippen LogP contribution in [0.3, 0.4) is 0 Å². The molecular formula is C37H39N2O8P. The van der Waals surface area contributed by atoms with Crippen LogP contribution in [-0.4, -0.2) is 57.1 Å². The average Bonchev–Trinajstić information content (AvgIpc) is 3.08. The zero-order chi connectivity index (χ0) is 34.6. The molecule has 0 aliphatic carbocycles. The molecule has 0 spiro atoms. The van der Waals surface area contributed by atoms with Gasteiger partial charge >= 0.3 is 280 Å². The van der Waals surface area contributed by atoms with Crippen molar-refractivity contribution in [3.63, 3.8) is 0 Å². The van der Waals surface area contributed by atoms with Gasteiger partial charge in [0.25, 0.3) is 0 Å². The quantitative estimate of drug-likeness (QED) is 0.0668. The minimum atomic E-state index is -4.60. The number of carbonyl (C=O) groups is 3. The van der Waals surface area contributed by atoms with E-state index in [1.807, 2.05) is 91.0 Å². The van der Waals surface area contributed by atoms with Crippen molar-refractivity contribution in [3.8, 4) is 0 Å². The van der Waals surface area contributed by atoms with Gasteiger partial charge in [-0.15, -0.1) is 0 Å². The number of hydrogen-bond acceptors (Lipinski definition) is 8. The Morgan fingerprint density at radius 3 is 1.77 bits per heavy atom. The number of benzene rings is 4. The van der Waals surface area contributed by atoms with Gasteiger partial charge in [-0.2, -0.15) is 0 Å². The van der Waals surface area contributed by atoms with Crippen molar-refractivity contribution in [1.82, 2.24) is 4.90 Å². The van der Waals surface area contributed by atoms with E-state index in [1.54, 1.807) is 36.9 Å². The van der Waals surface area contributed by atoms with Crippen LogP contribution in [0.25, 0.3) is 0 Å². The fourth-order valence-corrected chi connectivity index (χ4v) is 12.9. The van der Waals surface area contributed by atoms with Crippen LogP contribution in [0.1, 0.15) is 32.8 Å². The van der Waals surface area contributed by atoms with E-state index >= 15 is 4.79 Å². The topological polar surface area (TPSA) is 136 Å². The van der Waals surface area contributed by atoms with Crippen molar-refractivity contribution < 1.29 is 33.9 Å². The van der Waals surface area contributed by atoms with E-state index in [2.05, 4.69) is 0 Å². The first kappa shape index (κ1) is 34.4. The third-order valence-electron chi connectivity index (χ3n) is 9.17. The molecule has 0 bridgehead atoms. The molecule has 1 fully saturated rings. The van der Waals surface area contributed by atoms with E-state index in [0.29, 0.717) is 15.9 Å². The number of rotatable bonds is 13. The molecule has 0 aromatic heterocycles. The number of nitro benzene ring substituents is 1. The Hall–Kier alpha value is -4.92. The molecule has 11 heteroatoms. The zero-order valence-corrected chi connectivity index (χ0v) is 28.0. The predicted molar refractivity (Wildman–Crippen MR) is 185 cm³/mol. The number of ether oxygens (including phenoxy) is 2. The van der Waals surface area contributed by atoms with Gasteiger partial charge in [-0.25, -0.2) is 0 Å². The number of carbonyl (C=O) groups excluding carboxylic acids is 3. The summed E-state index contributed by atoms with van der Waals surface area (Å²) >= 11 is 0. The van der Waals surface area contributed by atoms with Crippen molar-refractivity contribution in [3.05, 3.63) is 131 Å². The second-order valence-electron chi connectivity index (χ2n) is 12.5. The SMILES string of the molecule is CC(=O)OCC[C@@H]1[C@@H](C(C)(C)O)C(=O)N1CP(C(=O)OCc1ccccc1[N+](=O)[O-])(c1ccccc1)(c1ccccc1)c1ccccc1. The van der Waals surface area contributed by atoms with E-state index in [1.165, 1.54) is 13.0 Å². The van der Waals surface area contributed by atoms with Gasteiger partial charge in [0.2, 0.25) is 0 Å². The summed E-state index contributed by atoms with van der Waals surface area (Å²) in [5.74, 6) is -1.64. The number of nitro groups is 1. The standard InChI is InChI=1S/C37H39N2O8P/c1-27(40)46-24-23-33-34(37(2,3)43)35(41)38(33)26-48(29-16-7-4-8-17-29,30-18-9-5-10-19-30,31-20-11-6-12-21-31)36(42)47-25-28-15-13-14-22-32(28)39(44)45/h4-22,33-34,43H,23-26H2,1-3H3/t33-,34-/m1/s1. The molecule has 4 aromatic rings. The molecule has 10 nitrogen and oxygen atoms in total. The number of nitrogens with zero attached hydrogens (tertiary/aromatic N) is 2. The van der Waals surface area contributed by atoms with Crippen LogP contribution >= 0.6 is 6.60 Å². The minimum absolute atomic E-state index is 0.0104. The first-order chi connectivity index (χ1) is 22.9. The van der Waals surface area contributed by atoms with E-state index in [-0.39, 0.29) is 43.1 Å². The Bertz CT molecular complexity index is 1700. The van der Waals surface area contributed by atoms with E-state index in [4.69, 9.17) is 9.47 Å². The Morgan fingerprint density at radius 1 is 0.833 bits per heavy atom. The molecular weight excluding hydrogens is 631 g/mol. The zero-order valence-electron chi connectivity index (χ0n) is 27.1. The van der Waals surface area contributed by atoms with E-state index in [9.17, 15) is 24.8 Å². The molecule has 0 saturated carbocycles. The second-order valence-corrected chi connectivity index (χ2v) is 17.3. The molecule has 1 saturated heterocycles. The third kappa shape index (κ3) is 5.98. The number of amides is 1. The van der Waals surface area contributed by atoms with Gasteiger partial charge in [-0.05, 0) is 0 Å². The summed E-state index contributed by atoms with van der Waals surface area (Å²) < 4.78 is 11.5. The van der Waals surface area contributed by atoms with Gasteiger partial charge in [-0.3, -0.25) is 0 Å². The number of likely N-dealkylation sites (tertiary alicyclic amines) is 1.